The summed E-state index contributed by atoms with van der Waals surface area (Å²) in [6.45, 7) is 45.2. The van der Waals surface area contributed by atoms with E-state index in [1.165, 1.54) is 0 Å². The number of hydrogen-bond acceptors (Lipinski definition) is 4. The first kappa shape index (κ1) is 38.7. The molecule has 0 aliphatic rings. The van der Waals surface area contributed by atoms with Crippen molar-refractivity contribution < 1.29 is 18.4 Å². The van der Waals surface area contributed by atoms with E-state index in [2.05, 4.69) is 118 Å². The monoisotopic (exact) mass is 666 g/mol. The fourth-order valence-corrected chi connectivity index (χ4v) is 195. The van der Waals surface area contributed by atoms with Gasteiger partial charge < -0.3 is 8.85 Å². The van der Waals surface area contributed by atoms with Crippen molar-refractivity contribution >= 4 is 71.2 Å². The molecule has 12 heteroatoms. The fraction of sp³-hybridized carbons (Fsp3) is 0.923. The zero-order valence-electron chi connectivity index (χ0n) is 29.4. The largest absolute Gasteiger partial charge is 0.527 e. The average Bonchev–Trinajstić information content (AvgIpc) is 2.56. The van der Waals surface area contributed by atoms with Gasteiger partial charge in [0.1, 0.15) is 0 Å². The van der Waals surface area contributed by atoms with Crippen molar-refractivity contribution in [2.24, 2.45) is 11.3 Å². The van der Waals surface area contributed by atoms with Crippen LogP contribution >= 0.6 is 0 Å². The highest BCUT2D eigenvalue weighted by Gasteiger charge is 2.68. The third-order valence-corrected chi connectivity index (χ3v) is 143. The topological polar surface area (TPSA) is 52.6 Å². The summed E-state index contributed by atoms with van der Waals surface area (Å²) in [5.74, 6) is -0.454. The van der Waals surface area contributed by atoms with E-state index >= 15 is 0 Å². The minimum atomic E-state index is -2.29. The molecule has 0 aliphatic heterocycles. The van der Waals surface area contributed by atoms with Gasteiger partial charge >= 0.3 is 0 Å². The van der Waals surface area contributed by atoms with Crippen LogP contribution in [0.25, 0.3) is 0 Å². The maximum Gasteiger partial charge on any atom is 0.297 e. The van der Waals surface area contributed by atoms with Gasteiger partial charge in [-0.25, -0.2) is 0 Å². The molecule has 1 atom stereocenters. The average molecular weight is 667 g/mol. The summed E-state index contributed by atoms with van der Waals surface area (Å²) in [5, 5.41) is 0. The first-order chi connectivity index (χ1) is 16.1. The van der Waals surface area contributed by atoms with Gasteiger partial charge in [0.05, 0.1) is 56.9 Å². The van der Waals surface area contributed by atoms with Crippen molar-refractivity contribution in [3.8, 4) is 0 Å². The Balaban J connectivity index is 6.41. The molecule has 0 aromatic rings. The van der Waals surface area contributed by atoms with E-state index < -0.39 is 64.7 Å². The summed E-state index contributed by atoms with van der Waals surface area (Å²) in [4.78, 5) is 28.0. The van der Waals surface area contributed by atoms with Crippen LogP contribution in [0.1, 0.15) is 27.2 Å². The molecular formula is C26H66O4Si8. The Bertz CT molecular complexity index is 789. The molecule has 0 saturated heterocycles. The second kappa shape index (κ2) is 11.4. The summed E-state index contributed by atoms with van der Waals surface area (Å²) >= 11 is 0. The molecular weight excluding hydrogens is 601 g/mol. The molecule has 0 radical (unpaired) electrons. The minimum Gasteiger partial charge on any atom is -0.527 e. The molecule has 0 fully saturated rings. The van der Waals surface area contributed by atoms with Crippen molar-refractivity contribution in [1.29, 1.82) is 0 Å². The van der Waals surface area contributed by atoms with Crippen LogP contribution in [0.15, 0.2) is 0 Å². The van der Waals surface area contributed by atoms with Crippen LogP contribution < -0.4 is 0 Å². The van der Waals surface area contributed by atoms with Crippen molar-refractivity contribution in [3.05, 3.63) is 0 Å². The smallest absolute Gasteiger partial charge is 0.297 e. The summed E-state index contributed by atoms with van der Waals surface area (Å²) in [5.41, 5.74) is -0.725. The first-order valence-corrected chi connectivity index (χ1v) is 45.4. The van der Waals surface area contributed by atoms with E-state index in [1.54, 1.807) is 0 Å². The highest BCUT2D eigenvalue weighted by molar-refractivity contribution is 7.88. The maximum absolute atomic E-state index is 14.1. The highest BCUT2D eigenvalue weighted by atomic mass is 29.9. The number of hydrogen-bond donors (Lipinski definition) is 0. The molecule has 0 aromatic heterocycles. The van der Waals surface area contributed by atoms with Crippen molar-refractivity contribution in [2.75, 3.05) is 0 Å². The lowest BCUT2D eigenvalue weighted by Crippen LogP contribution is -2.85. The number of carbonyl (C=O) groups is 2. The fourth-order valence-electron chi connectivity index (χ4n) is 9.13. The predicted molar refractivity (Wildman–Crippen MR) is 191 cm³/mol. The SMILES string of the molecule is CC(CC(C)(C)C(=O)O[Si]([Si](C)(C)C)([Si](C)(C)C)[Si](C)(C)C)C(=O)O[Si]([Si](C)(C)C)([Si](C)(C)C)[Si](C)(C)C. The molecule has 0 N–H and O–H groups in total. The van der Waals surface area contributed by atoms with Gasteiger partial charge in [-0.3, -0.25) is 9.59 Å². The van der Waals surface area contributed by atoms with Crippen LogP contribution in [0.4, 0.5) is 0 Å². The Morgan fingerprint density at radius 3 is 1.00 bits per heavy atom. The van der Waals surface area contributed by atoms with E-state index in [9.17, 15) is 9.59 Å². The first-order valence-electron chi connectivity index (χ1n) is 14.6. The highest BCUT2D eigenvalue weighted by Crippen LogP contribution is 2.42. The summed E-state index contributed by atoms with van der Waals surface area (Å²) in [6, 6.07) is 0. The Hall–Kier alpha value is 0.675. The van der Waals surface area contributed by atoms with Gasteiger partial charge in [0.2, 0.25) is 13.7 Å². The number of carbonyl (C=O) groups excluding carboxylic acids is 2. The van der Waals surface area contributed by atoms with Crippen LogP contribution in [0.5, 0.6) is 0 Å². The Kier molecular flexibility index (Phi) is 11.6. The standard InChI is InChI=1S/C26H66O4Si8/c1-23(24(27)29-37(31(4,5)6,32(7,8)9)33(10,11)12)22-26(2,3)25(28)30-38(34(13,14)15,35(16,17)18)36(19,20)21/h23H,22H2,1-21H3. The van der Waals surface area contributed by atoms with E-state index in [0.29, 0.717) is 6.42 Å². The van der Waals surface area contributed by atoms with E-state index in [4.69, 9.17) is 8.85 Å². The molecule has 0 aliphatic carbocycles. The molecule has 0 heterocycles. The third kappa shape index (κ3) is 7.35. The molecule has 1 unspecified atom stereocenters. The van der Waals surface area contributed by atoms with Crippen LogP contribution in [-0.4, -0.2) is 71.2 Å². The molecule has 0 aromatic carbocycles. The molecule has 0 saturated carbocycles. The Labute approximate surface area is 244 Å². The van der Waals surface area contributed by atoms with Gasteiger partial charge in [-0.2, -0.15) is 0 Å². The molecule has 226 valence electrons. The van der Waals surface area contributed by atoms with Gasteiger partial charge in [0.25, 0.3) is 11.9 Å². The summed E-state index contributed by atoms with van der Waals surface area (Å²) in [7, 11) is -10.5. The second-order valence-corrected chi connectivity index (χ2v) is 97.5. The molecule has 4 nitrogen and oxygen atoms in total. The van der Waals surface area contributed by atoms with E-state index in [0.717, 1.165) is 0 Å². The molecule has 0 rings (SSSR count). The lowest BCUT2D eigenvalue weighted by molar-refractivity contribution is -0.147. The maximum atomic E-state index is 14.1. The van der Waals surface area contributed by atoms with Crippen molar-refractivity contribution in [3.63, 3.8) is 0 Å². The zero-order valence-corrected chi connectivity index (χ0v) is 37.4. The molecule has 38 heavy (non-hydrogen) atoms. The molecule has 0 spiro atoms. The van der Waals surface area contributed by atoms with Crippen LogP contribution in [-0.2, 0) is 18.4 Å². The van der Waals surface area contributed by atoms with Gasteiger partial charge in [0.15, 0.2) is 0 Å². The second-order valence-electron chi connectivity index (χ2n) is 18.7. The van der Waals surface area contributed by atoms with E-state index in [1.807, 2.05) is 20.8 Å². The predicted octanol–water partition coefficient (Wildman–Crippen LogP) is 8.52. The number of rotatable bonds is 12. The Morgan fingerprint density at radius 1 is 0.526 bits per heavy atom. The summed E-state index contributed by atoms with van der Waals surface area (Å²) < 4.78 is 13.9. The van der Waals surface area contributed by atoms with Crippen LogP contribution in [0, 0.1) is 11.3 Å². The van der Waals surface area contributed by atoms with Crippen molar-refractivity contribution in [1.82, 2.24) is 0 Å². The van der Waals surface area contributed by atoms with Crippen LogP contribution in [0.3, 0.4) is 0 Å². The Morgan fingerprint density at radius 2 is 0.763 bits per heavy atom. The summed E-state index contributed by atoms with van der Waals surface area (Å²) in [6.07, 6.45) is 0.478. The van der Waals surface area contributed by atoms with Crippen LogP contribution in [0.2, 0.25) is 118 Å². The van der Waals surface area contributed by atoms with Crippen molar-refractivity contribution in [2.45, 2.75) is 145 Å². The molecule has 0 bridgehead atoms. The third-order valence-electron chi connectivity index (χ3n) is 8.61. The van der Waals surface area contributed by atoms with Gasteiger partial charge in [0, 0.05) is 0 Å². The lowest BCUT2D eigenvalue weighted by atomic mass is 9.83. The lowest BCUT2D eigenvalue weighted by Gasteiger charge is -2.56. The van der Waals surface area contributed by atoms with Gasteiger partial charge in [-0.15, -0.1) is 0 Å². The quantitative estimate of drug-likeness (QED) is 0.196. The minimum absolute atomic E-state index is 0.0612. The molecule has 0 amide bonds. The van der Waals surface area contributed by atoms with Gasteiger partial charge in [-0.05, 0) is 20.3 Å². The van der Waals surface area contributed by atoms with Gasteiger partial charge in [-0.1, -0.05) is 125 Å². The zero-order chi connectivity index (χ0) is 31.4. The van der Waals surface area contributed by atoms with E-state index in [-0.39, 0.29) is 17.9 Å². The normalized spacial score (nSPS) is 16.2.